The summed E-state index contributed by atoms with van der Waals surface area (Å²) in [5.41, 5.74) is -0.608. The van der Waals surface area contributed by atoms with E-state index in [1.165, 1.54) is 0 Å². The minimum Gasteiger partial charge on any atom is -0.370 e. The molecule has 0 aromatic carbocycles. The standard InChI is InChI=1S/C14H29NO2/c1-12(2,3)15-11(16)9-10-14(7,8)17-13(4,5)6/h9-10H2,1-8H3,(H,15,16). The summed E-state index contributed by atoms with van der Waals surface area (Å²) in [5, 5.41) is 2.96. The maximum Gasteiger partial charge on any atom is 0.220 e. The summed E-state index contributed by atoms with van der Waals surface area (Å²) in [6.45, 7) is 16.1. The van der Waals surface area contributed by atoms with Crippen LogP contribution in [0.4, 0.5) is 0 Å². The fourth-order valence-electron chi connectivity index (χ4n) is 1.78. The van der Waals surface area contributed by atoms with Crippen molar-refractivity contribution >= 4 is 5.91 Å². The fourth-order valence-corrected chi connectivity index (χ4v) is 1.78. The summed E-state index contributed by atoms with van der Waals surface area (Å²) in [6.07, 6.45) is 1.23. The van der Waals surface area contributed by atoms with Crippen LogP contribution in [-0.4, -0.2) is 22.6 Å². The largest absolute Gasteiger partial charge is 0.370 e. The second kappa shape index (κ2) is 5.38. The van der Waals surface area contributed by atoms with E-state index in [1.54, 1.807) is 0 Å². The molecule has 0 saturated carbocycles. The van der Waals surface area contributed by atoms with Crippen LogP contribution in [0.2, 0.25) is 0 Å². The Labute approximate surface area is 106 Å². The van der Waals surface area contributed by atoms with Crippen molar-refractivity contribution in [2.24, 2.45) is 0 Å². The Hall–Kier alpha value is -0.570. The van der Waals surface area contributed by atoms with Gasteiger partial charge in [0, 0.05) is 12.0 Å². The van der Waals surface area contributed by atoms with Crippen LogP contribution in [0.3, 0.4) is 0 Å². The molecule has 0 bridgehead atoms. The molecule has 0 aliphatic heterocycles. The third-order valence-corrected chi connectivity index (χ3v) is 2.05. The van der Waals surface area contributed by atoms with Gasteiger partial charge in [0.2, 0.25) is 5.91 Å². The van der Waals surface area contributed by atoms with E-state index in [2.05, 4.69) is 5.32 Å². The van der Waals surface area contributed by atoms with Gasteiger partial charge in [0.1, 0.15) is 0 Å². The van der Waals surface area contributed by atoms with Crippen LogP contribution in [0, 0.1) is 0 Å². The van der Waals surface area contributed by atoms with Gasteiger partial charge in [0.25, 0.3) is 0 Å². The molecule has 0 unspecified atom stereocenters. The zero-order valence-electron chi connectivity index (χ0n) is 12.7. The highest BCUT2D eigenvalue weighted by molar-refractivity contribution is 5.76. The maximum atomic E-state index is 11.7. The van der Waals surface area contributed by atoms with Crippen molar-refractivity contribution in [1.29, 1.82) is 0 Å². The lowest BCUT2D eigenvalue weighted by Gasteiger charge is -2.34. The molecule has 0 spiro atoms. The predicted octanol–water partition coefficient (Wildman–Crippen LogP) is 3.28. The number of hydrogen-bond donors (Lipinski definition) is 1. The number of carbonyl (C=O) groups excluding carboxylic acids is 1. The third-order valence-electron chi connectivity index (χ3n) is 2.05. The minimum absolute atomic E-state index is 0.0862. The summed E-state index contributed by atoms with van der Waals surface area (Å²) in [7, 11) is 0. The zero-order chi connectivity index (χ0) is 13.9. The molecular formula is C14H29NO2. The van der Waals surface area contributed by atoms with Crippen molar-refractivity contribution in [3.8, 4) is 0 Å². The molecule has 0 radical (unpaired) electrons. The van der Waals surface area contributed by atoms with E-state index in [0.29, 0.717) is 6.42 Å². The molecular weight excluding hydrogens is 214 g/mol. The van der Waals surface area contributed by atoms with Gasteiger partial charge in [-0.25, -0.2) is 0 Å². The van der Waals surface area contributed by atoms with Crippen LogP contribution >= 0.6 is 0 Å². The predicted molar refractivity (Wildman–Crippen MR) is 72.0 cm³/mol. The van der Waals surface area contributed by atoms with Gasteiger partial charge >= 0.3 is 0 Å². The Morgan fingerprint density at radius 2 is 1.47 bits per heavy atom. The molecule has 0 aromatic rings. The Bertz CT molecular complexity index is 256. The molecule has 0 heterocycles. The Balaban J connectivity index is 4.15. The normalized spacial score (nSPS) is 13.6. The Kier molecular flexibility index (Phi) is 5.20. The third kappa shape index (κ3) is 10.3. The first kappa shape index (κ1) is 16.4. The first-order chi connectivity index (χ1) is 7.31. The Morgan fingerprint density at radius 3 is 1.82 bits per heavy atom. The fraction of sp³-hybridized carbons (Fsp3) is 0.929. The quantitative estimate of drug-likeness (QED) is 0.823. The molecule has 0 aromatic heterocycles. The first-order valence-electron chi connectivity index (χ1n) is 6.32. The average molecular weight is 243 g/mol. The monoisotopic (exact) mass is 243 g/mol. The van der Waals surface area contributed by atoms with Gasteiger partial charge in [-0.3, -0.25) is 4.79 Å². The van der Waals surface area contributed by atoms with E-state index >= 15 is 0 Å². The number of rotatable bonds is 4. The molecule has 0 fully saturated rings. The Morgan fingerprint density at radius 1 is 1.00 bits per heavy atom. The zero-order valence-corrected chi connectivity index (χ0v) is 12.7. The number of carbonyl (C=O) groups is 1. The van der Waals surface area contributed by atoms with Crippen molar-refractivity contribution in [3.63, 3.8) is 0 Å². The second-order valence-corrected chi connectivity index (χ2v) is 7.27. The van der Waals surface area contributed by atoms with E-state index < -0.39 is 0 Å². The molecule has 0 rings (SSSR count). The van der Waals surface area contributed by atoms with Crippen molar-refractivity contribution < 1.29 is 9.53 Å². The second-order valence-electron chi connectivity index (χ2n) is 7.27. The number of ether oxygens (including phenoxy) is 1. The molecule has 1 amide bonds. The van der Waals surface area contributed by atoms with Crippen LogP contribution in [0.25, 0.3) is 0 Å². The van der Waals surface area contributed by atoms with E-state index in [4.69, 9.17) is 4.74 Å². The average Bonchev–Trinajstić information content (AvgIpc) is 1.92. The van der Waals surface area contributed by atoms with E-state index in [-0.39, 0.29) is 22.6 Å². The maximum absolute atomic E-state index is 11.7. The van der Waals surface area contributed by atoms with E-state index in [0.717, 1.165) is 6.42 Å². The highest BCUT2D eigenvalue weighted by Gasteiger charge is 2.26. The van der Waals surface area contributed by atoms with Crippen LogP contribution in [0.1, 0.15) is 68.2 Å². The van der Waals surface area contributed by atoms with Gasteiger partial charge in [-0.05, 0) is 61.8 Å². The smallest absolute Gasteiger partial charge is 0.220 e. The van der Waals surface area contributed by atoms with E-state index in [9.17, 15) is 4.79 Å². The highest BCUT2D eigenvalue weighted by Crippen LogP contribution is 2.24. The van der Waals surface area contributed by atoms with Gasteiger partial charge in [0.05, 0.1) is 11.2 Å². The molecule has 3 heteroatoms. The van der Waals surface area contributed by atoms with Crippen molar-refractivity contribution in [1.82, 2.24) is 5.32 Å². The topological polar surface area (TPSA) is 38.3 Å². The lowest BCUT2D eigenvalue weighted by atomic mass is 9.99. The molecule has 102 valence electrons. The lowest BCUT2D eigenvalue weighted by molar-refractivity contribution is -0.132. The SMILES string of the molecule is CC(C)(C)NC(=O)CCC(C)(C)OC(C)(C)C. The van der Waals surface area contributed by atoms with Crippen molar-refractivity contribution in [3.05, 3.63) is 0 Å². The lowest BCUT2D eigenvalue weighted by Crippen LogP contribution is -2.42. The molecule has 0 atom stereocenters. The van der Waals surface area contributed by atoms with Crippen LogP contribution in [0.15, 0.2) is 0 Å². The summed E-state index contributed by atoms with van der Waals surface area (Å²) in [4.78, 5) is 11.7. The highest BCUT2D eigenvalue weighted by atomic mass is 16.5. The molecule has 0 aliphatic carbocycles. The number of hydrogen-bond acceptors (Lipinski definition) is 2. The molecule has 0 saturated heterocycles. The van der Waals surface area contributed by atoms with Gasteiger partial charge < -0.3 is 10.1 Å². The van der Waals surface area contributed by atoms with Gasteiger partial charge in [-0.1, -0.05) is 0 Å². The summed E-state index contributed by atoms with van der Waals surface area (Å²) in [6, 6.07) is 0. The van der Waals surface area contributed by atoms with E-state index in [1.807, 2.05) is 55.4 Å². The van der Waals surface area contributed by atoms with Crippen molar-refractivity contribution in [2.45, 2.75) is 85.0 Å². The number of nitrogens with one attached hydrogen (secondary N) is 1. The summed E-state index contributed by atoms with van der Waals surface area (Å²) < 4.78 is 5.93. The first-order valence-corrected chi connectivity index (χ1v) is 6.32. The van der Waals surface area contributed by atoms with Crippen LogP contribution in [-0.2, 0) is 9.53 Å². The molecule has 17 heavy (non-hydrogen) atoms. The molecule has 3 nitrogen and oxygen atoms in total. The minimum atomic E-state index is -0.270. The van der Waals surface area contributed by atoms with Gasteiger partial charge in [0.15, 0.2) is 0 Å². The summed E-state index contributed by atoms with van der Waals surface area (Å²) in [5.74, 6) is 0.0862. The molecule has 0 aliphatic rings. The number of amides is 1. The van der Waals surface area contributed by atoms with Crippen LogP contribution < -0.4 is 5.32 Å². The van der Waals surface area contributed by atoms with Gasteiger partial charge in [-0.15, -0.1) is 0 Å². The van der Waals surface area contributed by atoms with Crippen molar-refractivity contribution in [2.75, 3.05) is 0 Å². The van der Waals surface area contributed by atoms with Crippen LogP contribution in [0.5, 0.6) is 0 Å². The summed E-state index contributed by atoms with van der Waals surface area (Å²) >= 11 is 0. The van der Waals surface area contributed by atoms with Gasteiger partial charge in [-0.2, -0.15) is 0 Å². The molecule has 1 N–H and O–H groups in total.